The number of nitrogens with one attached hydrogen (secondary N) is 1. The Morgan fingerprint density at radius 1 is 1.62 bits per heavy atom. The van der Waals surface area contributed by atoms with Crippen LogP contribution in [0, 0.1) is 0 Å². The molecule has 2 aromatic heterocycles. The van der Waals surface area contributed by atoms with Crippen molar-refractivity contribution in [1.29, 1.82) is 0 Å². The van der Waals surface area contributed by atoms with Gasteiger partial charge in [0.1, 0.15) is 5.52 Å². The normalized spacial score (nSPS) is 18.8. The van der Waals surface area contributed by atoms with E-state index in [1.807, 2.05) is 12.3 Å². The fraction of sp³-hybridized carbons (Fsp3) is 0.400. The highest BCUT2D eigenvalue weighted by Crippen LogP contribution is 2.30. The van der Waals surface area contributed by atoms with Crippen molar-refractivity contribution in [1.82, 2.24) is 14.5 Å². The molecule has 6 heteroatoms. The number of rotatable bonds is 2. The molecule has 0 radical (unpaired) electrons. The Morgan fingerprint density at radius 3 is 3.31 bits per heavy atom. The molecule has 0 fully saturated rings. The summed E-state index contributed by atoms with van der Waals surface area (Å²) in [6.45, 7) is 1.46. The number of ether oxygens (including phenoxy) is 1. The summed E-state index contributed by atoms with van der Waals surface area (Å²) in [5.41, 5.74) is 1.86. The van der Waals surface area contributed by atoms with Crippen LogP contribution in [0.4, 0.5) is 5.82 Å². The third kappa shape index (κ3) is 1.36. The number of anilines is 1. The highest BCUT2D eigenvalue weighted by Gasteiger charge is 2.22. The summed E-state index contributed by atoms with van der Waals surface area (Å²) in [4.78, 5) is 8.37. The van der Waals surface area contributed by atoms with E-state index in [4.69, 9.17) is 16.3 Å². The lowest BCUT2D eigenvalue weighted by molar-refractivity contribution is 0.160. The van der Waals surface area contributed by atoms with Crippen LogP contribution in [0.3, 0.4) is 0 Å². The van der Waals surface area contributed by atoms with E-state index in [2.05, 4.69) is 19.9 Å². The van der Waals surface area contributed by atoms with E-state index in [0.29, 0.717) is 6.61 Å². The largest absolute Gasteiger partial charge is 0.382 e. The highest BCUT2D eigenvalue weighted by molar-refractivity contribution is 6.28. The third-order valence-electron chi connectivity index (χ3n) is 2.79. The molecule has 1 atom stereocenters. The van der Waals surface area contributed by atoms with Gasteiger partial charge in [-0.3, -0.25) is 0 Å². The number of methoxy groups -OCH3 is 1. The zero-order chi connectivity index (χ0) is 11.1. The number of halogens is 1. The molecule has 0 amide bonds. The number of aromatic nitrogens is 3. The summed E-state index contributed by atoms with van der Waals surface area (Å²) in [6, 6.07) is 2.22. The highest BCUT2D eigenvalue weighted by atomic mass is 35.5. The topological polar surface area (TPSA) is 52.0 Å². The molecule has 0 aliphatic carbocycles. The molecule has 0 spiro atoms. The number of hydrogen-bond acceptors (Lipinski definition) is 4. The SMILES string of the molecule is COC[C@H]1CNc2nc(Cl)nc3ccn1c23. The van der Waals surface area contributed by atoms with Gasteiger partial charge in [0.05, 0.1) is 18.2 Å². The van der Waals surface area contributed by atoms with Gasteiger partial charge >= 0.3 is 0 Å². The Kier molecular flexibility index (Phi) is 2.22. The van der Waals surface area contributed by atoms with Crippen LogP contribution in [0.25, 0.3) is 11.0 Å². The zero-order valence-corrected chi connectivity index (χ0v) is 9.53. The summed E-state index contributed by atoms with van der Waals surface area (Å²) in [5, 5.41) is 3.53. The average Bonchev–Trinajstić information content (AvgIpc) is 2.67. The standard InChI is InChI=1S/C10H11ClN4O/c1-16-5-6-4-12-9-8-7(2-3-15(6)8)13-10(11)14-9/h2-3,6H,4-5H2,1H3,(H,12,13,14)/t6-/m1/s1. The first-order valence-electron chi connectivity index (χ1n) is 5.06. The second kappa shape index (κ2) is 3.61. The fourth-order valence-electron chi connectivity index (χ4n) is 2.11. The Balaban J connectivity index is 2.19. The molecular formula is C10H11ClN4O. The molecule has 16 heavy (non-hydrogen) atoms. The van der Waals surface area contributed by atoms with Crippen LogP contribution in [0.2, 0.25) is 5.28 Å². The molecule has 3 heterocycles. The van der Waals surface area contributed by atoms with Gasteiger partial charge in [-0.2, -0.15) is 4.98 Å². The second-order valence-electron chi connectivity index (χ2n) is 3.79. The third-order valence-corrected chi connectivity index (χ3v) is 2.96. The van der Waals surface area contributed by atoms with Crippen molar-refractivity contribution >= 4 is 28.5 Å². The van der Waals surface area contributed by atoms with E-state index in [1.165, 1.54) is 0 Å². The molecule has 5 nitrogen and oxygen atoms in total. The number of nitrogens with zero attached hydrogens (tertiary/aromatic N) is 3. The molecule has 1 aliphatic rings. The van der Waals surface area contributed by atoms with Gasteiger partial charge in [0.15, 0.2) is 5.82 Å². The molecule has 0 bridgehead atoms. The molecule has 0 aromatic carbocycles. The van der Waals surface area contributed by atoms with Crippen LogP contribution in [-0.4, -0.2) is 34.8 Å². The lowest BCUT2D eigenvalue weighted by Crippen LogP contribution is -2.27. The van der Waals surface area contributed by atoms with Gasteiger partial charge in [-0.15, -0.1) is 0 Å². The molecule has 0 unspecified atom stereocenters. The summed E-state index contributed by atoms with van der Waals surface area (Å²) in [7, 11) is 1.70. The molecule has 0 saturated heterocycles. The predicted octanol–water partition coefficient (Wildman–Crippen LogP) is 1.70. The summed E-state index contributed by atoms with van der Waals surface area (Å²) in [6.07, 6.45) is 2.00. The van der Waals surface area contributed by atoms with E-state index in [-0.39, 0.29) is 11.3 Å². The van der Waals surface area contributed by atoms with Crippen molar-refractivity contribution in [2.45, 2.75) is 6.04 Å². The summed E-state index contributed by atoms with van der Waals surface area (Å²) in [5.74, 6) is 0.798. The smallest absolute Gasteiger partial charge is 0.225 e. The molecule has 1 N–H and O–H groups in total. The Labute approximate surface area is 97.4 Å². The Bertz CT molecular complexity index is 539. The molecule has 0 saturated carbocycles. The average molecular weight is 239 g/mol. The van der Waals surface area contributed by atoms with E-state index < -0.39 is 0 Å². The van der Waals surface area contributed by atoms with Gasteiger partial charge < -0.3 is 14.6 Å². The van der Waals surface area contributed by atoms with Crippen molar-refractivity contribution in [2.24, 2.45) is 0 Å². The quantitative estimate of drug-likeness (QED) is 0.810. The van der Waals surface area contributed by atoms with Gasteiger partial charge in [-0.1, -0.05) is 0 Å². The first-order valence-corrected chi connectivity index (χ1v) is 5.44. The fourth-order valence-corrected chi connectivity index (χ4v) is 2.29. The minimum Gasteiger partial charge on any atom is -0.382 e. The van der Waals surface area contributed by atoms with E-state index in [9.17, 15) is 0 Å². The molecular weight excluding hydrogens is 228 g/mol. The predicted molar refractivity (Wildman–Crippen MR) is 61.9 cm³/mol. The second-order valence-corrected chi connectivity index (χ2v) is 4.13. The zero-order valence-electron chi connectivity index (χ0n) is 8.77. The lowest BCUT2D eigenvalue weighted by atomic mass is 10.2. The Morgan fingerprint density at radius 2 is 2.50 bits per heavy atom. The van der Waals surface area contributed by atoms with Crippen LogP contribution >= 0.6 is 11.6 Å². The van der Waals surface area contributed by atoms with Crippen molar-refractivity contribution in [3.05, 3.63) is 17.5 Å². The van der Waals surface area contributed by atoms with Crippen molar-refractivity contribution in [2.75, 3.05) is 25.6 Å². The van der Waals surface area contributed by atoms with E-state index in [1.54, 1.807) is 7.11 Å². The van der Waals surface area contributed by atoms with Gasteiger partial charge in [0.2, 0.25) is 5.28 Å². The maximum absolute atomic E-state index is 5.84. The summed E-state index contributed by atoms with van der Waals surface area (Å²) >= 11 is 5.84. The lowest BCUT2D eigenvalue weighted by Gasteiger charge is -2.25. The van der Waals surface area contributed by atoms with Gasteiger partial charge in [-0.25, -0.2) is 4.98 Å². The summed E-state index contributed by atoms with van der Waals surface area (Å²) < 4.78 is 7.33. The maximum Gasteiger partial charge on any atom is 0.225 e. The van der Waals surface area contributed by atoms with Crippen LogP contribution in [-0.2, 0) is 4.74 Å². The first-order chi connectivity index (χ1) is 7.79. The van der Waals surface area contributed by atoms with Gasteiger partial charge in [0.25, 0.3) is 0 Å². The van der Waals surface area contributed by atoms with Crippen LogP contribution in [0.15, 0.2) is 12.3 Å². The maximum atomic E-state index is 5.84. The first kappa shape index (κ1) is 9.86. The van der Waals surface area contributed by atoms with Gasteiger partial charge in [0, 0.05) is 19.9 Å². The molecule has 2 aromatic rings. The van der Waals surface area contributed by atoms with Crippen LogP contribution < -0.4 is 5.32 Å². The van der Waals surface area contributed by atoms with Crippen LogP contribution in [0.5, 0.6) is 0 Å². The molecule has 1 aliphatic heterocycles. The van der Waals surface area contributed by atoms with Crippen LogP contribution in [0.1, 0.15) is 6.04 Å². The molecule has 84 valence electrons. The minimum absolute atomic E-state index is 0.276. The van der Waals surface area contributed by atoms with Crippen molar-refractivity contribution in [3.63, 3.8) is 0 Å². The van der Waals surface area contributed by atoms with E-state index in [0.717, 1.165) is 23.4 Å². The monoisotopic (exact) mass is 238 g/mol. The number of hydrogen-bond donors (Lipinski definition) is 1. The Hall–Kier alpha value is -1.33. The van der Waals surface area contributed by atoms with Crippen molar-refractivity contribution < 1.29 is 4.74 Å². The van der Waals surface area contributed by atoms with E-state index >= 15 is 0 Å². The minimum atomic E-state index is 0.276. The molecule has 3 rings (SSSR count). The van der Waals surface area contributed by atoms with Crippen molar-refractivity contribution in [3.8, 4) is 0 Å². The van der Waals surface area contributed by atoms with Gasteiger partial charge in [-0.05, 0) is 17.7 Å².